The van der Waals surface area contributed by atoms with Crippen LogP contribution in [0.3, 0.4) is 0 Å². The van der Waals surface area contributed by atoms with E-state index in [0.29, 0.717) is 4.88 Å². The molecule has 1 aromatic heterocycles. The Balaban J connectivity index is 2.82. The van der Waals surface area contributed by atoms with E-state index < -0.39 is 5.97 Å². The molecule has 14 heavy (non-hydrogen) atoms. The number of carboxylic acid groups (broad SMARTS) is 1. The maximum absolute atomic E-state index is 10.8. The molecule has 0 aliphatic rings. The van der Waals surface area contributed by atoms with Crippen molar-refractivity contribution in [3.05, 3.63) is 26.6 Å². The van der Waals surface area contributed by atoms with Gasteiger partial charge in [-0.1, -0.05) is 0 Å². The van der Waals surface area contributed by atoms with Gasteiger partial charge in [0.25, 0.3) is 0 Å². The molecule has 0 bridgehead atoms. The van der Waals surface area contributed by atoms with E-state index in [0.717, 1.165) is 18.6 Å². The Kier molecular flexibility index (Phi) is 2.72. The maximum atomic E-state index is 10.8. The molecular formula is C9H5IO2S2. The molecule has 2 nitrogen and oxygen atoms in total. The topological polar surface area (TPSA) is 37.3 Å². The molecule has 0 fully saturated rings. The summed E-state index contributed by atoms with van der Waals surface area (Å²) in [5.74, 6) is -0.880. The van der Waals surface area contributed by atoms with Gasteiger partial charge in [-0.3, -0.25) is 0 Å². The fraction of sp³-hybridized carbons (Fsp3) is 0. The second-order valence-electron chi connectivity index (χ2n) is 2.73. The molecule has 1 heterocycles. The highest BCUT2D eigenvalue weighted by Crippen LogP contribution is 2.33. The Labute approximate surface area is 103 Å². The Morgan fingerprint density at radius 2 is 2.21 bits per heavy atom. The van der Waals surface area contributed by atoms with Crippen molar-refractivity contribution in [2.75, 3.05) is 0 Å². The Hall–Kier alpha value is -0.270. The van der Waals surface area contributed by atoms with Crippen molar-refractivity contribution in [2.24, 2.45) is 0 Å². The van der Waals surface area contributed by atoms with E-state index in [9.17, 15) is 4.79 Å². The first-order valence-electron chi connectivity index (χ1n) is 3.74. The fourth-order valence-electron chi connectivity index (χ4n) is 1.18. The van der Waals surface area contributed by atoms with Crippen molar-refractivity contribution in [2.45, 2.75) is 4.90 Å². The number of hydrogen-bond donors (Lipinski definition) is 2. The van der Waals surface area contributed by atoms with Gasteiger partial charge in [-0.2, -0.15) is 0 Å². The zero-order valence-corrected chi connectivity index (χ0v) is 10.7. The molecular weight excluding hydrogens is 331 g/mol. The molecule has 0 radical (unpaired) electrons. The summed E-state index contributed by atoms with van der Waals surface area (Å²) in [6.07, 6.45) is 0. The fourth-order valence-corrected chi connectivity index (χ4v) is 3.24. The van der Waals surface area contributed by atoms with Gasteiger partial charge < -0.3 is 5.11 Å². The molecule has 72 valence electrons. The predicted molar refractivity (Wildman–Crippen MR) is 68.8 cm³/mol. The molecule has 0 aliphatic heterocycles. The van der Waals surface area contributed by atoms with Crippen molar-refractivity contribution in [3.63, 3.8) is 0 Å². The number of thiophene rings is 1. The number of thiol groups is 1. The van der Waals surface area contributed by atoms with Crippen LogP contribution in [0.1, 0.15) is 9.67 Å². The minimum absolute atomic E-state index is 0.361. The van der Waals surface area contributed by atoms with Crippen LogP contribution >= 0.6 is 46.6 Å². The van der Waals surface area contributed by atoms with Crippen molar-refractivity contribution in [3.8, 4) is 0 Å². The zero-order valence-electron chi connectivity index (χ0n) is 6.82. The lowest BCUT2D eigenvalue weighted by atomic mass is 10.2. The number of hydrogen-bond acceptors (Lipinski definition) is 3. The van der Waals surface area contributed by atoms with Crippen LogP contribution in [0.2, 0.25) is 0 Å². The van der Waals surface area contributed by atoms with Crippen LogP contribution in [0.25, 0.3) is 10.1 Å². The average molecular weight is 336 g/mol. The molecule has 0 atom stereocenters. The van der Waals surface area contributed by atoms with Crippen LogP contribution in [0.15, 0.2) is 23.1 Å². The van der Waals surface area contributed by atoms with E-state index in [-0.39, 0.29) is 0 Å². The summed E-state index contributed by atoms with van der Waals surface area (Å²) in [7, 11) is 0. The quantitative estimate of drug-likeness (QED) is 0.618. The van der Waals surface area contributed by atoms with Gasteiger partial charge in [0.2, 0.25) is 0 Å². The highest BCUT2D eigenvalue weighted by atomic mass is 127. The molecule has 2 aromatic rings. The van der Waals surface area contributed by atoms with Gasteiger partial charge in [0.15, 0.2) is 0 Å². The van der Waals surface area contributed by atoms with Crippen molar-refractivity contribution in [1.29, 1.82) is 0 Å². The molecule has 0 unspecified atom stereocenters. The van der Waals surface area contributed by atoms with Crippen LogP contribution in [0.4, 0.5) is 0 Å². The van der Waals surface area contributed by atoms with E-state index in [1.165, 1.54) is 11.3 Å². The molecule has 2 rings (SSSR count). The van der Waals surface area contributed by atoms with Gasteiger partial charge in [-0.05, 0) is 40.8 Å². The number of carbonyl (C=O) groups is 1. The van der Waals surface area contributed by atoms with Crippen molar-refractivity contribution in [1.82, 2.24) is 0 Å². The standard InChI is InChI=1S/C9H5IO2S2/c10-5-1-2-6(13)4-3-7(9(11)12)14-8(4)5/h1-3,13H,(H,11,12). The first-order valence-corrected chi connectivity index (χ1v) is 6.08. The van der Waals surface area contributed by atoms with E-state index in [1.807, 2.05) is 12.1 Å². The Morgan fingerprint density at radius 1 is 1.50 bits per heavy atom. The number of rotatable bonds is 1. The van der Waals surface area contributed by atoms with Crippen molar-refractivity contribution >= 4 is 62.6 Å². The highest BCUT2D eigenvalue weighted by Gasteiger charge is 2.11. The van der Waals surface area contributed by atoms with Gasteiger partial charge in [-0.15, -0.1) is 24.0 Å². The van der Waals surface area contributed by atoms with E-state index in [2.05, 4.69) is 35.2 Å². The number of aromatic carboxylic acids is 1. The van der Waals surface area contributed by atoms with Crippen molar-refractivity contribution < 1.29 is 9.90 Å². The zero-order chi connectivity index (χ0) is 10.3. The lowest BCUT2D eigenvalue weighted by molar-refractivity contribution is 0.0702. The second kappa shape index (κ2) is 3.71. The summed E-state index contributed by atoms with van der Waals surface area (Å²) in [5.41, 5.74) is 0. The Bertz CT molecular complexity index is 480. The van der Waals surface area contributed by atoms with Crippen LogP contribution in [-0.2, 0) is 0 Å². The highest BCUT2D eigenvalue weighted by molar-refractivity contribution is 14.1. The molecule has 0 aliphatic carbocycles. The first-order chi connectivity index (χ1) is 6.59. The minimum Gasteiger partial charge on any atom is -0.477 e. The lowest BCUT2D eigenvalue weighted by Crippen LogP contribution is -1.89. The first kappa shape index (κ1) is 10.3. The van der Waals surface area contributed by atoms with Gasteiger partial charge >= 0.3 is 5.97 Å². The molecule has 0 amide bonds. The molecule has 0 spiro atoms. The number of halogens is 1. The van der Waals surface area contributed by atoms with Gasteiger partial charge in [0, 0.05) is 18.6 Å². The lowest BCUT2D eigenvalue weighted by Gasteiger charge is -1.95. The largest absolute Gasteiger partial charge is 0.477 e. The second-order valence-corrected chi connectivity index (χ2v) is 5.42. The summed E-state index contributed by atoms with van der Waals surface area (Å²) in [6.45, 7) is 0. The smallest absolute Gasteiger partial charge is 0.345 e. The van der Waals surface area contributed by atoms with Crippen LogP contribution in [-0.4, -0.2) is 11.1 Å². The summed E-state index contributed by atoms with van der Waals surface area (Å²) >= 11 is 7.78. The summed E-state index contributed by atoms with van der Waals surface area (Å²) in [6, 6.07) is 5.49. The normalized spacial score (nSPS) is 10.7. The van der Waals surface area contributed by atoms with E-state index in [4.69, 9.17) is 5.11 Å². The van der Waals surface area contributed by atoms with Crippen LogP contribution < -0.4 is 0 Å². The number of fused-ring (bicyclic) bond motifs is 1. The molecule has 0 saturated heterocycles. The number of benzene rings is 1. The molecule has 5 heteroatoms. The third-order valence-corrected chi connectivity index (χ3v) is 4.63. The monoisotopic (exact) mass is 336 g/mol. The summed E-state index contributed by atoms with van der Waals surface area (Å²) in [4.78, 5) is 12.0. The Morgan fingerprint density at radius 3 is 2.79 bits per heavy atom. The molecule has 1 N–H and O–H groups in total. The minimum atomic E-state index is -0.880. The third-order valence-electron chi connectivity index (χ3n) is 1.82. The van der Waals surface area contributed by atoms with Crippen LogP contribution in [0.5, 0.6) is 0 Å². The maximum Gasteiger partial charge on any atom is 0.345 e. The van der Waals surface area contributed by atoms with E-state index >= 15 is 0 Å². The van der Waals surface area contributed by atoms with Gasteiger partial charge in [-0.25, -0.2) is 4.79 Å². The van der Waals surface area contributed by atoms with Crippen LogP contribution in [0, 0.1) is 3.57 Å². The third kappa shape index (κ3) is 1.64. The summed E-state index contributed by atoms with van der Waals surface area (Å²) < 4.78 is 2.06. The van der Waals surface area contributed by atoms with Gasteiger partial charge in [0.05, 0.1) is 0 Å². The summed E-state index contributed by atoms with van der Waals surface area (Å²) in [5, 5.41) is 9.77. The van der Waals surface area contributed by atoms with Gasteiger partial charge in [0.1, 0.15) is 4.88 Å². The predicted octanol–water partition coefficient (Wildman–Crippen LogP) is 3.49. The molecule has 0 saturated carbocycles. The molecule has 1 aromatic carbocycles. The number of carboxylic acids is 1. The van der Waals surface area contributed by atoms with E-state index in [1.54, 1.807) is 6.07 Å². The average Bonchev–Trinajstić information content (AvgIpc) is 2.57. The SMILES string of the molecule is O=C(O)c1cc2c(S)ccc(I)c2s1.